The molecule has 2 aromatic rings. The average molecular weight is 354 g/mol. The fraction of sp³-hybridized carbons (Fsp3) is 0.500. The van der Waals surface area contributed by atoms with Crippen LogP contribution < -0.4 is 5.32 Å². The number of amides is 1. The molecule has 1 N–H and O–H groups in total. The Morgan fingerprint density at radius 2 is 1.73 bits per heavy atom. The molecular weight excluding hydrogens is 322 g/mol. The van der Waals surface area contributed by atoms with Crippen molar-refractivity contribution in [3.05, 3.63) is 58.9 Å². The molecule has 140 valence electrons. The molecule has 0 saturated carbocycles. The van der Waals surface area contributed by atoms with Crippen LogP contribution >= 0.6 is 0 Å². The van der Waals surface area contributed by atoms with Crippen LogP contribution in [0.4, 0.5) is 0 Å². The molecule has 1 unspecified atom stereocenters. The van der Waals surface area contributed by atoms with Crippen LogP contribution in [0.15, 0.2) is 36.5 Å². The number of nitrogens with one attached hydrogen (secondary N) is 1. The van der Waals surface area contributed by atoms with E-state index < -0.39 is 0 Å². The smallest absolute Gasteiger partial charge is 0.251 e. The summed E-state index contributed by atoms with van der Waals surface area (Å²) in [5, 5.41) is 3.19. The van der Waals surface area contributed by atoms with Crippen LogP contribution in [-0.4, -0.2) is 35.0 Å². The average Bonchev–Trinajstić information content (AvgIpc) is 2.85. The molecule has 26 heavy (non-hydrogen) atoms. The van der Waals surface area contributed by atoms with Crippen LogP contribution in [0.3, 0.4) is 0 Å². The van der Waals surface area contributed by atoms with E-state index in [2.05, 4.69) is 46.2 Å². The number of carbonyl (C=O) groups is 1. The second-order valence-corrected chi connectivity index (χ2v) is 7.60. The van der Waals surface area contributed by atoms with Gasteiger partial charge in [-0.05, 0) is 64.0 Å². The monoisotopic (exact) mass is 353 g/mol. The highest BCUT2D eigenvalue weighted by Crippen LogP contribution is 2.24. The van der Waals surface area contributed by atoms with Crippen molar-refractivity contribution in [1.29, 1.82) is 0 Å². The molecule has 1 atom stereocenters. The Kier molecular flexibility index (Phi) is 6.15. The van der Waals surface area contributed by atoms with E-state index in [9.17, 15) is 4.79 Å². The normalized spacial score (nSPS) is 16.9. The standard InChI is InChI=1S/C22H31N3O/c1-17-13-18(2)15-19(14-17)22(26)23-16-21(20-9-8-10-24(20)3)25-11-6-4-5-7-12-25/h8-10,13-15,21H,4-7,11-12,16H2,1-3H3,(H,23,26). The van der Waals surface area contributed by atoms with E-state index in [0.717, 1.165) is 29.8 Å². The maximum absolute atomic E-state index is 12.7. The Morgan fingerprint density at radius 1 is 1.08 bits per heavy atom. The Labute approximate surface area is 157 Å². The minimum atomic E-state index is 0.0193. The maximum Gasteiger partial charge on any atom is 0.251 e. The molecule has 1 amide bonds. The van der Waals surface area contributed by atoms with Crippen LogP contribution in [0.1, 0.15) is 58.9 Å². The highest BCUT2D eigenvalue weighted by atomic mass is 16.1. The number of aryl methyl sites for hydroxylation is 3. The summed E-state index contributed by atoms with van der Waals surface area (Å²) in [4.78, 5) is 15.3. The van der Waals surface area contributed by atoms with E-state index >= 15 is 0 Å². The van der Waals surface area contributed by atoms with Crippen LogP contribution in [0.25, 0.3) is 0 Å². The lowest BCUT2D eigenvalue weighted by atomic mass is 10.1. The van der Waals surface area contributed by atoms with Gasteiger partial charge in [-0.3, -0.25) is 9.69 Å². The number of nitrogens with zero attached hydrogens (tertiary/aromatic N) is 2. The molecule has 1 saturated heterocycles. The molecule has 1 aromatic carbocycles. The summed E-state index contributed by atoms with van der Waals surface area (Å²) in [5.41, 5.74) is 4.28. The van der Waals surface area contributed by atoms with E-state index in [0.29, 0.717) is 6.54 Å². The zero-order chi connectivity index (χ0) is 18.5. The van der Waals surface area contributed by atoms with E-state index in [-0.39, 0.29) is 11.9 Å². The van der Waals surface area contributed by atoms with Gasteiger partial charge in [-0.15, -0.1) is 0 Å². The third-order valence-electron chi connectivity index (χ3n) is 5.35. The van der Waals surface area contributed by atoms with Gasteiger partial charge in [-0.1, -0.05) is 30.0 Å². The first-order chi connectivity index (χ1) is 12.5. The third kappa shape index (κ3) is 4.55. The summed E-state index contributed by atoms with van der Waals surface area (Å²) in [7, 11) is 2.09. The van der Waals surface area contributed by atoms with Gasteiger partial charge in [0.15, 0.2) is 0 Å². The molecule has 1 aliphatic heterocycles. The predicted octanol–water partition coefficient (Wildman–Crippen LogP) is 3.99. The molecule has 0 aliphatic carbocycles. The summed E-state index contributed by atoms with van der Waals surface area (Å²) in [6.45, 7) is 6.93. The van der Waals surface area contributed by atoms with Crippen molar-refractivity contribution in [3.8, 4) is 0 Å². The lowest BCUT2D eigenvalue weighted by molar-refractivity contribution is 0.0931. The highest BCUT2D eigenvalue weighted by Gasteiger charge is 2.24. The number of hydrogen-bond acceptors (Lipinski definition) is 2. The fourth-order valence-electron chi connectivity index (χ4n) is 4.05. The second kappa shape index (κ2) is 8.54. The quantitative estimate of drug-likeness (QED) is 0.882. The van der Waals surface area contributed by atoms with Gasteiger partial charge in [0.25, 0.3) is 5.91 Å². The highest BCUT2D eigenvalue weighted by molar-refractivity contribution is 5.94. The topological polar surface area (TPSA) is 37.3 Å². The molecule has 4 nitrogen and oxygen atoms in total. The zero-order valence-corrected chi connectivity index (χ0v) is 16.3. The number of likely N-dealkylation sites (tertiary alicyclic amines) is 1. The van der Waals surface area contributed by atoms with Crippen LogP contribution in [0, 0.1) is 13.8 Å². The van der Waals surface area contributed by atoms with Crippen molar-refractivity contribution < 1.29 is 4.79 Å². The Balaban J connectivity index is 1.75. The van der Waals surface area contributed by atoms with Gasteiger partial charge in [0.1, 0.15) is 0 Å². The maximum atomic E-state index is 12.7. The van der Waals surface area contributed by atoms with Crippen molar-refractivity contribution >= 4 is 5.91 Å². The Hall–Kier alpha value is -2.07. The van der Waals surface area contributed by atoms with E-state index in [1.807, 2.05) is 26.0 Å². The first kappa shape index (κ1) is 18.7. The minimum absolute atomic E-state index is 0.0193. The van der Waals surface area contributed by atoms with Gasteiger partial charge in [0, 0.05) is 31.0 Å². The summed E-state index contributed by atoms with van der Waals surface area (Å²) in [5.74, 6) is 0.0193. The van der Waals surface area contributed by atoms with Gasteiger partial charge in [-0.25, -0.2) is 0 Å². The zero-order valence-electron chi connectivity index (χ0n) is 16.3. The van der Waals surface area contributed by atoms with Gasteiger partial charge in [0.05, 0.1) is 6.04 Å². The van der Waals surface area contributed by atoms with Gasteiger partial charge in [0.2, 0.25) is 0 Å². The van der Waals surface area contributed by atoms with Crippen LogP contribution in [0.2, 0.25) is 0 Å². The molecule has 4 heteroatoms. The Bertz CT molecular complexity index is 721. The lowest BCUT2D eigenvalue weighted by Crippen LogP contribution is -2.39. The van der Waals surface area contributed by atoms with Crippen LogP contribution in [0.5, 0.6) is 0 Å². The van der Waals surface area contributed by atoms with Crippen LogP contribution in [-0.2, 0) is 7.05 Å². The molecule has 1 aromatic heterocycles. The second-order valence-electron chi connectivity index (χ2n) is 7.60. The lowest BCUT2D eigenvalue weighted by Gasteiger charge is -2.31. The molecule has 1 fully saturated rings. The van der Waals surface area contributed by atoms with Gasteiger partial charge in [-0.2, -0.15) is 0 Å². The van der Waals surface area contributed by atoms with Crippen molar-refractivity contribution in [3.63, 3.8) is 0 Å². The molecule has 1 aliphatic rings. The van der Waals surface area contributed by atoms with E-state index in [1.165, 1.54) is 31.4 Å². The first-order valence-corrected chi connectivity index (χ1v) is 9.76. The minimum Gasteiger partial charge on any atom is -0.353 e. The largest absolute Gasteiger partial charge is 0.353 e. The van der Waals surface area contributed by atoms with Crippen molar-refractivity contribution in [2.75, 3.05) is 19.6 Å². The fourth-order valence-corrected chi connectivity index (χ4v) is 4.05. The molecule has 2 heterocycles. The molecule has 3 rings (SSSR count). The van der Waals surface area contributed by atoms with Crippen molar-refractivity contribution in [2.24, 2.45) is 7.05 Å². The molecule has 0 bridgehead atoms. The number of rotatable bonds is 5. The number of benzene rings is 1. The SMILES string of the molecule is Cc1cc(C)cc(C(=O)NCC(c2cccn2C)N2CCCCCC2)c1. The summed E-state index contributed by atoms with van der Waals surface area (Å²) >= 11 is 0. The third-order valence-corrected chi connectivity index (χ3v) is 5.35. The predicted molar refractivity (Wildman–Crippen MR) is 106 cm³/mol. The summed E-state index contributed by atoms with van der Waals surface area (Å²) < 4.78 is 2.18. The first-order valence-electron chi connectivity index (χ1n) is 9.76. The summed E-state index contributed by atoms with van der Waals surface area (Å²) in [6.07, 6.45) is 7.19. The van der Waals surface area contributed by atoms with Crippen molar-refractivity contribution in [2.45, 2.75) is 45.6 Å². The molecule has 0 spiro atoms. The van der Waals surface area contributed by atoms with Gasteiger partial charge >= 0.3 is 0 Å². The van der Waals surface area contributed by atoms with E-state index in [4.69, 9.17) is 0 Å². The Morgan fingerprint density at radius 3 is 2.31 bits per heavy atom. The number of aromatic nitrogens is 1. The van der Waals surface area contributed by atoms with Gasteiger partial charge < -0.3 is 9.88 Å². The molecular formula is C22H31N3O. The molecule has 0 radical (unpaired) electrons. The number of carbonyl (C=O) groups excluding carboxylic acids is 1. The number of hydrogen-bond donors (Lipinski definition) is 1. The van der Waals surface area contributed by atoms with E-state index in [1.54, 1.807) is 0 Å². The van der Waals surface area contributed by atoms with Crippen molar-refractivity contribution in [1.82, 2.24) is 14.8 Å². The summed E-state index contributed by atoms with van der Waals surface area (Å²) in [6, 6.07) is 10.5.